The highest BCUT2D eigenvalue weighted by Gasteiger charge is 2.10. The van der Waals surface area contributed by atoms with Crippen LogP contribution >= 0.6 is 0 Å². The highest BCUT2D eigenvalue weighted by Crippen LogP contribution is 2.27. The second-order valence-electron chi connectivity index (χ2n) is 6.04. The normalized spacial score (nSPS) is 11.0. The van der Waals surface area contributed by atoms with E-state index in [1.54, 1.807) is 18.3 Å². The Labute approximate surface area is 150 Å². The monoisotopic (exact) mass is 347 g/mol. The van der Waals surface area contributed by atoms with Crippen LogP contribution in [-0.2, 0) is 0 Å². The Kier molecular flexibility index (Phi) is 4.35. The van der Waals surface area contributed by atoms with Crippen LogP contribution in [0.1, 0.15) is 13.3 Å². The van der Waals surface area contributed by atoms with Gasteiger partial charge in [0.2, 0.25) is 0 Å². The van der Waals surface area contributed by atoms with Crippen LogP contribution in [0.4, 0.5) is 4.39 Å². The molecular formula is C21H18FN3O. The number of hydrogen-bond acceptors (Lipinski definition) is 3. The molecule has 0 bridgehead atoms. The summed E-state index contributed by atoms with van der Waals surface area (Å²) in [5.41, 5.74) is 3.52. The fourth-order valence-electron chi connectivity index (χ4n) is 2.83. The molecule has 0 unspecified atom stereocenters. The number of aromatic nitrogens is 3. The first-order valence-corrected chi connectivity index (χ1v) is 8.58. The van der Waals surface area contributed by atoms with E-state index in [2.05, 4.69) is 21.9 Å². The molecule has 0 radical (unpaired) electrons. The zero-order valence-corrected chi connectivity index (χ0v) is 14.4. The maximum Gasteiger partial charge on any atom is 0.178 e. The smallest absolute Gasteiger partial charge is 0.178 e. The van der Waals surface area contributed by atoms with E-state index in [1.165, 1.54) is 6.07 Å². The van der Waals surface area contributed by atoms with E-state index in [9.17, 15) is 4.39 Å². The molecule has 4 nitrogen and oxygen atoms in total. The molecule has 0 atom stereocenters. The van der Waals surface area contributed by atoms with Gasteiger partial charge in [0.25, 0.3) is 0 Å². The van der Waals surface area contributed by atoms with Gasteiger partial charge in [-0.3, -0.25) is 0 Å². The van der Waals surface area contributed by atoms with Crippen molar-refractivity contribution in [2.75, 3.05) is 6.61 Å². The molecule has 0 fully saturated rings. The minimum atomic E-state index is -0.269. The van der Waals surface area contributed by atoms with Crippen molar-refractivity contribution in [3.63, 3.8) is 0 Å². The van der Waals surface area contributed by atoms with E-state index in [1.807, 2.05) is 36.4 Å². The van der Waals surface area contributed by atoms with Gasteiger partial charge in [0, 0.05) is 22.9 Å². The lowest BCUT2D eigenvalue weighted by molar-refractivity contribution is 0.317. The van der Waals surface area contributed by atoms with E-state index in [4.69, 9.17) is 4.74 Å². The van der Waals surface area contributed by atoms with E-state index in [0.29, 0.717) is 29.2 Å². The van der Waals surface area contributed by atoms with Gasteiger partial charge in [-0.15, -0.1) is 0 Å². The molecular weight excluding hydrogens is 329 g/mol. The number of hydrogen-bond donors (Lipinski definition) is 1. The van der Waals surface area contributed by atoms with Crippen molar-refractivity contribution in [1.29, 1.82) is 0 Å². The van der Waals surface area contributed by atoms with E-state index in [-0.39, 0.29) is 5.82 Å². The number of fused-ring (bicyclic) bond motifs is 1. The number of benzene rings is 2. The summed E-state index contributed by atoms with van der Waals surface area (Å²) >= 11 is 0. The molecule has 0 aliphatic carbocycles. The predicted molar refractivity (Wildman–Crippen MR) is 101 cm³/mol. The molecule has 5 heteroatoms. The maximum atomic E-state index is 14.0. The summed E-state index contributed by atoms with van der Waals surface area (Å²) < 4.78 is 19.7. The first-order valence-electron chi connectivity index (χ1n) is 8.58. The number of imidazole rings is 1. The standard InChI is InChI=1S/C21H18FN3O/c1-2-10-26-16-7-5-6-14(11-16)20-24-19-12-15(13-23-21(19)25-20)17-8-3-4-9-18(17)22/h3-9,11-13H,2,10H2,1H3,(H,23,24,25). The summed E-state index contributed by atoms with van der Waals surface area (Å²) in [4.78, 5) is 12.2. The van der Waals surface area contributed by atoms with Crippen LogP contribution in [0.5, 0.6) is 5.75 Å². The van der Waals surface area contributed by atoms with Gasteiger partial charge < -0.3 is 9.72 Å². The number of H-pyrrole nitrogens is 1. The average molecular weight is 347 g/mol. The molecule has 130 valence electrons. The van der Waals surface area contributed by atoms with Crippen LogP contribution in [0.2, 0.25) is 0 Å². The number of aromatic amines is 1. The minimum Gasteiger partial charge on any atom is -0.494 e. The van der Waals surface area contributed by atoms with Gasteiger partial charge in [-0.1, -0.05) is 37.3 Å². The number of halogens is 1. The van der Waals surface area contributed by atoms with Gasteiger partial charge in [-0.05, 0) is 30.7 Å². The zero-order valence-electron chi connectivity index (χ0n) is 14.4. The molecule has 2 aromatic carbocycles. The molecule has 26 heavy (non-hydrogen) atoms. The van der Waals surface area contributed by atoms with Crippen LogP contribution in [0, 0.1) is 5.82 Å². The van der Waals surface area contributed by atoms with Crippen LogP contribution < -0.4 is 4.74 Å². The molecule has 0 aliphatic rings. The molecule has 0 aliphatic heterocycles. The Hall–Kier alpha value is -3.21. The number of nitrogens with zero attached hydrogens (tertiary/aromatic N) is 2. The Morgan fingerprint density at radius 3 is 2.77 bits per heavy atom. The summed E-state index contributed by atoms with van der Waals surface area (Å²) in [7, 11) is 0. The third-order valence-electron chi connectivity index (χ3n) is 4.10. The summed E-state index contributed by atoms with van der Waals surface area (Å²) in [6.45, 7) is 2.75. The molecule has 4 aromatic rings. The highest BCUT2D eigenvalue weighted by atomic mass is 19.1. The first-order chi connectivity index (χ1) is 12.7. The van der Waals surface area contributed by atoms with Crippen molar-refractivity contribution in [2.24, 2.45) is 0 Å². The minimum absolute atomic E-state index is 0.269. The summed E-state index contributed by atoms with van der Waals surface area (Å²) in [6, 6.07) is 16.3. The number of nitrogens with one attached hydrogen (secondary N) is 1. The van der Waals surface area contributed by atoms with Crippen molar-refractivity contribution in [3.05, 3.63) is 66.6 Å². The summed E-state index contributed by atoms with van der Waals surface area (Å²) in [5.74, 6) is 1.25. The quantitative estimate of drug-likeness (QED) is 0.538. The van der Waals surface area contributed by atoms with Crippen molar-refractivity contribution < 1.29 is 9.13 Å². The molecule has 2 aromatic heterocycles. The fraction of sp³-hybridized carbons (Fsp3) is 0.143. The maximum absolute atomic E-state index is 14.0. The number of rotatable bonds is 5. The van der Waals surface area contributed by atoms with Gasteiger partial charge in [0.05, 0.1) is 12.1 Å². The van der Waals surface area contributed by atoms with Crippen LogP contribution in [0.3, 0.4) is 0 Å². The molecule has 0 saturated heterocycles. The second-order valence-corrected chi connectivity index (χ2v) is 6.04. The lowest BCUT2D eigenvalue weighted by Gasteiger charge is -2.05. The molecule has 1 N–H and O–H groups in total. The third kappa shape index (κ3) is 3.16. The molecule has 2 heterocycles. The van der Waals surface area contributed by atoms with Gasteiger partial charge >= 0.3 is 0 Å². The first kappa shape index (κ1) is 16.3. The van der Waals surface area contributed by atoms with Gasteiger partial charge in [0.15, 0.2) is 5.65 Å². The van der Waals surface area contributed by atoms with Crippen molar-refractivity contribution in [3.8, 4) is 28.3 Å². The Balaban J connectivity index is 1.71. The molecule has 4 rings (SSSR count). The fourth-order valence-corrected chi connectivity index (χ4v) is 2.83. The van der Waals surface area contributed by atoms with Crippen LogP contribution in [0.15, 0.2) is 60.8 Å². The molecule has 0 spiro atoms. The van der Waals surface area contributed by atoms with Crippen LogP contribution in [0.25, 0.3) is 33.7 Å². The van der Waals surface area contributed by atoms with Gasteiger partial charge in [0.1, 0.15) is 17.4 Å². The molecule has 0 amide bonds. The Bertz CT molecular complexity index is 1060. The average Bonchev–Trinajstić information content (AvgIpc) is 3.10. The Morgan fingerprint density at radius 1 is 1.04 bits per heavy atom. The highest BCUT2D eigenvalue weighted by molar-refractivity contribution is 5.81. The third-order valence-corrected chi connectivity index (χ3v) is 4.10. The largest absolute Gasteiger partial charge is 0.494 e. The predicted octanol–water partition coefficient (Wildman–Crippen LogP) is 5.22. The summed E-state index contributed by atoms with van der Waals surface area (Å²) in [6.07, 6.45) is 2.60. The SMILES string of the molecule is CCCOc1cccc(-c2nc3ncc(-c4ccccc4F)cc3[nH]2)c1. The Morgan fingerprint density at radius 2 is 1.92 bits per heavy atom. The van der Waals surface area contributed by atoms with Crippen LogP contribution in [-0.4, -0.2) is 21.6 Å². The lowest BCUT2D eigenvalue weighted by Crippen LogP contribution is -1.94. The number of pyridine rings is 1. The summed E-state index contributed by atoms with van der Waals surface area (Å²) in [5, 5.41) is 0. The topological polar surface area (TPSA) is 50.8 Å². The van der Waals surface area contributed by atoms with E-state index in [0.717, 1.165) is 23.3 Å². The van der Waals surface area contributed by atoms with Gasteiger partial charge in [-0.25, -0.2) is 14.4 Å². The number of ether oxygens (including phenoxy) is 1. The second kappa shape index (κ2) is 6.96. The van der Waals surface area contributed by atoms with Crippen molar-refractivity contribution >= 4 is 11.2 Å². The van der Waals surface area contributed by atoms with Gasteiger partial charge in [-0.2, -0.15) is 0 Å². The van der Waals surface area contributed by atoms with E-state index < -0.39 is 0 Å². The molecule has 0 saturated carbocycles. The van der Waals surface area contributed by atoms with Crippen molar-refractivity contribution in [2.45, 2.75) is 13.3 Å². The van der Waals surface area contributed by atoms with Crippen molar-refractivity contribution in [1.82, 2.24) is 15.0 Å². The van der Waals surface area contributed by atoms with E-state index >= 15 is 0 Å². The zero-order chi connectivity index (χ0) is 17.9. The lowest BCUT2D eigenvalue weighted by atomic mass is 10.1.